The third-order valence-electron chi connectivity index (χ3n) is 4.31. The van der Waals surface area contributed by atoms with Gasteiger partial charge in [0.15, 0.2) is 0 Å². The van der Waals surface area contributed by atoms with E-state index in [4.69, 9.17) is 16.7 Å². The normalized spacial score (nSPS) is 21.1. The van der Waals surface area contributed by atoms with Gasteiger partial charge in [0.1, 0.15) is 0 Å². The quantitative estimate of drug-likeness (QED) is 0.606. The van der Waals surface area contributed by atoms with E-state index in [1.165, 1.54) is 0 Å². The summed E-state index contributed by atoms with van der Waals surface area (Å²) in [6.45, 7) is 2.07. The van der Waals surface area contributed by atoms with Crippen LogP contribution in [0.4, 0.5) is 4.79 Å². The monoisotopic (exact) mass is 326 g/mol. The van der Waals surface area contributed by atoms with E-state index in [1.807, 2.05) is 12.1 Å². The van der Waals surface area contributed by atoms with Gasteiger partial charge in [0.25, 0.3) is 0 Å². The molecule has 4 N–H and O–H groups in total. The highest BCUT2D eigenvalue weighted by Crippen LogP contribution is 2.38. The van der Waals surface area contributed by atoms with Gasteiger partial charge in [0.2, 0.25) is 0 Å². The summed E-state index contributed by atoms with van der Waals surface area (Å²) in [7, 11) is 0. The van der Waals surface area contributed by atoms with Crippen LogP contribution in [0.15, 0.2) is 24.3 Å². The first kappa shape index (κ1) is 17.1. The Hall–Kier alpha value is -1.30. The molecule has 22 heavy (non-hydrogen) atoms. The molecule has 1 aromatic carbocycles. The van der Waals surface area contributed by atoms with Crippen LogP contribution in [-0.2, 0) is 5.60 Å². The van der Waals surface area contributed by atoms with E-state index >= 15 is 0 Å². The standard InChI is InChI=1S/C16H23ClN2O3/c17-14-6-1-4-12(10-14)16(22,7-3-9-19-15(20)21)13-5-2-8-18-11-13/h1,4,6,10,13,18-19,22H,2-3,5,7-9,11H2,(H,20,21)/t13-,16-/m1/s1. The number of amides is 1. The van der Waals surface area contributed by atoms with Crippen LogP contribution < -0.4 is 10.6 Å². The number of piperidine rings is 1. The van der Waals surface area contributed by atoms with Crippen LogP contribution in [0.3, 0.4) is 0 Å². The first-order chi connectivity index (χ1) is 10.5. The molecule has 2 atom stereocenters. The topological polar surface area (TPSA) is 81.6 Å². The van der Waals surface area contributed by atoms with Crippen molar-refractivity contribution < 1.29 is 15.0 Å². The number of nitrogens with one attached hydrogen (secondary N) is 2. The number of halogens is 1. The Kier molecular flexibility index (Phi) is 6.06. The third-order valence-corrected chi connectivity index (χ3v) is 4.54. The molecule has 0 saturated carbocycles. The van der Waals surface area contributed by atoms with Crippen molar-refractivity contribution >= 4 is 17.7 Å². The first-order valence-electron chi connectivity index (χ1n) is 7.68. The van der Waals surface area contributed by atoms with Crippen molar-refractivity contribution in [3.05, 3.63) is 34.9 Å². The van der Waals surface area contributed by atoms with Crippen LogP contribution >= 0.6 is 11.6 Å². The SMILES string of the molecule is O=C(O)NCCC[C@@](O)(c1cccc(Cl)c1)[C@@H]1CCCNC1. The van der Waals surface area contributed by atoms with E-state index in [0.717, 1.165) is 31.5 Å². The van der Waals surface area contributed by atoms with Crippen molar-refractivity contribution in [2.75, 3.05) is 19.6 Å². The van der Waals surface area contributed by atoms with Crippen molar-refractivity contribution in [3.63, 3.8) is 0 Å². The molecule has 1 heterocycles. The first-order valence-corrected chi connectivity index (χ1v) is 8.06. The number of benzene rings is 1. The van der Waals surface area contributed by atoms with Gasteiger partial charge in [-0.05, 0) is 49.9 Å². The van der Waals surface area contributed by atoms with Crippen LogP contribution in [-0.4, -0.2) is 35.9 Å². The minimum atomic E-state index is -1.04. The molecular weight excluding hydrogens is 304 g/mol. The Balaban J connectivity index is 2.13. The molecule has 2 rings (SSSR count). The van der Waals surface area contributed by atoms with Crippen LogP contribution in [0.1, 0.15) is 31.2 Å². The van der Waals surface area contributed by atoms with E-state index in [-0.39, 0.29) is 5.92 Å². The summed E-state index contributed by atoms with van der Waals surface area (Å²) in [6, 6.07) is 7.33. The third kappa shape index (κ3) is 4.35. The number of rotatable bonds is 6. The average Bonchev–Trinajstić information content (AvgIpc) is 2.52. The van der Waals surface area contributed by atoms with E-state index in [0.29, 0.717) is 24.4 Å². The molecule has 0 spiro atoms. The van der Waals surface area contributed by atoms with Gasteiger partial charge in [0.05, 0.1) is 5.60 Å². The maximum absolute atomic E-state index is 11.3. The fourth-order valence-corrected chi connectivity index (χ4v) is 3.34. The van der Waals surface area contributed by atoms with Gasteiger partial charge in [-0.25, -0.2) is 4.79 Å². The van der Waals surface area contributed by atoms with Gasteiger partial charge in [-0.3, -0.25) is 0 Å². The molecule has 1 fully saturated rings. The Labute approximate surface area is 135 Å². The zero-order chi connectivity index (χ0) is 16.0. The summed E-state index contributed by atoms with van der Waals surface area (Å²) in [5.74, 6) is 0.101. The van der Waals surface area contributed by atoms with Crippen LogP contribution in [0.2, 0.25) is 5.02 Å². The van der Waals surface area contributed by atoms with Crippen molar-refractivity contribution in [1.29, 1.82) is 0 Å². The van der Waals surface area contributed by atoms with Gasteiger partial charge in [-0.1, -0.05) is 23.7 Å². The Morgan fingerprint density at radius 1 is 1.50 bits per heavy atom. The fourth-order valence-electron chi connectivity index (χ4n) is 3.15. The summed E-state index contributed by atoms with van der Waals surface area (Å²) < 4.78 is 0. The van der Waals surface area contributed by atoms with Gasteiger partial charge < -0.3 is 20.8 Å². The largest absolute Gasteiger partial charge is 0.465 e. The minimum absolute atomic E-state index is 0.101. The molecule has 0 aliphatic carbocycles. The summed E-state index contributed by atoms with van der Waals surface area (Å²) in [6.07, 6.45) is 2.01. The van der Waals surface area contributed by atoms with Crippen molar-refractivity contribution in [2.24, 2.45) is 5.92 Å². The highest BCUT2D eigenvalue weighted by molar-refractivity contribution is 6.30. The summed E-state index contributed by atoms with van der Waals surface area (Å²) in [5, 5.41) is 26.2. The van der Waals surface area contributed by atoms with Gasteiger partial charge in [-0.15, -0.1) is 0 Å². The average molecular weight is 327 g/mol. The van der Waals surface area contributed by atoms with Crippen molar-refractivity contribution in [3.8, 4) is 0 Å². The molecule has 1 aromatic rings. The number of hydrogen-bond donors (Lipinski definition) is 4. The van der Waals surface area contributed by atoms with Gasteiger partial charge >= 0.3 is 6.09 Å². The smallest absolute Gasteiger partial charge is 0.404 e. The lowest BCUT2D eigenvalue weighted by Crippen LogP contribution is -2.44. The molecular formula is C16H23ClN2O3. The Bertz CT molecular complexity index is 506. The number of carbonyl (C=O) groups is 1. The van der Waals surface area contributed by atoms with Crippen molar-refractivity contribution in [1.82, 2.24) is 10.6 Å². The second kappa shape index (κ2) is 7.81. The maximum Gasteiger partial charge on any atom is 0.404 e. The summed E-state index contributed by atoms with van der Waals surface area (Å²) in [5.41, 5.74) is -0.178. The molecule has 122 valence electrons. The predicted octanol–water partition coefficient (Wildman–Crippen LogP) is 2.58. The van der Waals surface area contributed by atoms with E-state index < -0.39 is 11.7 Å². The highest BCUT2D eigenvalue weighted by atomic mass is 35.5. The molecule has 1 saturated heterocycles. The van der Waals surface area contributed by atoms with Crippen molar-refractivity contribution in [2.45, 2.75) is 31.3 Å². The summed E-state index contributed by atoms with van der Waals surface area (Å²) >= 11 is 6.08. The molecule has 0 radical (unpaired) electrons. The zero-order valence-electron chi connectivity index (χ0n) is 12.5. The number of hydrogen-bond acceptors (Lipinski definition) is 3. The van der Waals surface area contributed by atoms with Crippen LogP contribution in [0.5, 0.6) is 0 Å². The molecule has 5 nitrogen and oxygen atoms in total. The maximum atomic E-state index is 11.3. The van der Waals surface area contributed by atoms with E-state index in [9.17, 15) is 9.90 Å². The zero-order valence-corrected chi connectivity index (χ0v) is 13.3. The number of carboxylic acid groups (broad SMARTS) is 1. The highest BCUT2D eigenvalue weighted by Gasteiger charge is 2.38. The van der Waals surface area contributed by atoms with Gasteiger partial charge in [0, 0.05) is 24.0 Å². The Morgan fingerprint density at radius 2 is 2.32 bits per heavy atom. The molecule has 0 unspecified atom stereocenters. The minimum Gasteiger partial charge on any atom is -0.465 e. The number of aliphatic hydroxyl groups is 1. The van der Waals surface area contributed by atoms with Gasteiger partial charge in [-0.2, -0.15) is 0 Å². The second-order valence-electron chi connectivity index (χ2n) is 5.81. The fraction of sp³-hybridized carbons (Fsp3) is 0.562. The van der Waals surface area contributed by atoms with Crippen LogP contribution in [0, 0.1) is 5.92 Å². The molecule has 1 amide bonds. The lowest BCUT2D eigenvalue weighted by atomic mass is 9.74. The second-order valence-corrected chi connectivity index (χ2v) is 6.25. The predicted molar refractivity (Wildman–Crippen MR) is 86.2 cm³/mol. The molecule has 1 aliphatic rings. The lowest BCUT2D eigenvalue weighted by Gasteiger charge is -2.39. The molecule has 0 aromatic heterocycles. The summed E-state index contributed by atoms with van der Waals surface area (Å²) in [4.78, 5) is 10.5. The van der Waals surface area contributed by atoms with Crippen LogP contribution in [0.25, 0.3) is 0 Å². The van der Waals surface area contributed by atoms with E-state index in [2.05, 4.69) is 10.6 Å². The van der Waals surface area contributed by atoms with E-state index in [1.54, 1.807) is 12.1 Å². The molecule has 0 bridgehead atoms. The Morgan fingerprint density at radius 3 is 2.95 bits per heavy atom. The lowest BCUT2D eigenvalue weighted by molar-refractivity contribution is -0.0420. The molecule has 1 aliphatic heterocycles. The molecule has 6 heteroatoms.